The fraction of sp³-hybridized carbons (Fsp3) is 0.182. The van der Waals surface area contributed by atoms with Crippen molar-refractivity contribution in [2.24, 2.45) is 5.73 Å². The molecule has 0 saturated carbocycles. The van der Waals surface area contributed by atoms with Gasteiger partial charge in [-0.25, -0.2) is 9.37 Å². The number of benzene rings is 1. The maximum Gasteiger partial charge on any atom is 0.211 e. The molecule has 2 N–H and O–H groups in total. The predicted octanol–water partition coefficient (Wildman–Crippen LogP) is 3.15. The number of rotatable bonds is 2. The molecule has 1 atom stereocenters. The van der Waals surface area contributed by atoms with Gasteiger partial charge in [0.25, 0.3) is 0 Å². The lowest BCUT2D eigenvalue weighted by Gasteiger charge is -2.00. The van der Waals surface area contributed by atoms with Crippen LogP contribution in [-0.4, -0.2) is 4.98 Å². The molecule has 0 saturated heterocycles. The van der Waals surface area contributed by atoms with Crippen molar-refractivity contribution in [1.29, 1.82) is 0 Å². The third-order valence-corrected chi connectivity index (χ3v) is 2.42. The van der Waals surface area contributed by atoms with E-state index in [-0.39, 0.29) is 16.9 Å². The molecule has 0 spiro atoms. The SMILES string of the molecule is CC(N)c1ncc(-c2ccc(F)cc2Cl)o1. The molecular formula is C11H10ClFN2O. The van der Waals surface area contributed by atoms with Crippen LogP contribution >= 0.6 is 11.6 Å². The summed E-state index contributed by atoms with van der Waals surface area (Å²) in [6, 6.07) is 3.80. The number of nitrogens with zero attached hydrogens (tertiary/aromatic N) is 1. The summed E-state index contributed by atoms with van der Waals surface area (Å²) in [6.45, 7) is 1.77. The van der Waals surface area contributed by atoms with E-state index < -0.39 is 0 Å². The van der Waals surface area contributed by atoms with Crippen molar-refractivity contribution < 1.29 is 8.81 Å². The number of hydrogen-bond donors (Lipinski definition) is 1. The Hall–Kier alpha value is -1.39. The Kier molecular flexibility index (Phi) is 2.94. The standard InChI is InChI=1S/C11H10ClFN2O/c1-6(14)11-15-5-10(16-11)8-3-2-7(13)4-9(8)12/h2-6H,14H2,1H3. The van der Waals surface area contributed by atoms with E-state index in [4.69, 9.17) is 21.8 Å². The van der Waals surface area contributed by atoms with E-state index in [0.717, 1.165) is 0 Å². The average Bonchev–Trinajstić information content (AvgIpc) is 2.66. The number of nitrogens with two attached hydrogens (primary N) is 1. The van der Waals surface area contributed by atoms with Crippen LogP contribution in [0.4, 0.5) is 4.39 Å². The van der Waals surface area contributed by atoms with Gasteiger partial charge in [0.1, 0.15) is 5.82 Å². The van der Waals surface area contributed by atoms with Crippen molar-refractivity contribution in [3.8, 4) is 11.3 Å². The molecular weight excluding hydrogens is 231 g/mol. The number of oxazole rings is 1. The van der Waals surface area contributed by atoms with Crippen LogP contribution in [0, 0.1) is 5.82 Å². The van der Waals surface area contributed by atoms with E-state index in [9.17, 15) is 4.39 Å². The second kappa shape index (κ2) is 4.23. The molecule has 84 valence electrons. The van der Waals surface area contributed by atoms with Gasteiger partial charge in [-0.1, -0.05) is 11.6 Å². The molecule has 0 fully saturated rings. The number of halogens is 2. The minimum absolute atomic E-state index is 0.284. The molecule has 5 heteroatoms. The molecule has 1 heterocycles. The zero-order chi connectivity index (χ0) is 11.7. The summed E-state index contributed by atoms with van der Waals surface area (Å²) in [6.07, 6.45) is 1.53. The minimum atomic E-state index is -0.388. The van der Waals surface area contributed by atoms with Crippen molar-refractivity contribution in [3.05, 3.63) is 41.1 Å². The highest BCUT2D eigenvalue weighted by atomic mass is 35.5. The van der Waals surface area contributed by atoms with Crippen molar-refractivity contribution in [3.63, 3.8) is 0 Å². The Balaban J connectivity index is 2.42. The van der Waals surface area contributed by atoms with Crippen molar-refractivity contribution in [2.75, 3.05) is 0 Å². The minimum Gasteiger partial charge on any atom is -0.439 e. The maximum absolute atomic E-state index is 12.8. The van der Waals surface area contributed by atoms with Gasteiger partial charge >= 0.3 is 0 Å². The molecule has 1 aromatic heterocycles. The first-order valence-electron chi connectivity index (χ1n) is 4.74. The second-order valence-electron chi connectivity index (χ2n) is 3.48. The van der Waals surface area contributed by atoms with E-state index >= 15 is 0 Å². The molecule has 0 amide bonds. The molecule has 2 aromatic rings. The summed E-state index contributed by atoms with van der Waals surface area (Å²) in [4.78, 5) is 4.01. The molecule has 0 aliphatic rings. The van der Waals surface area contributed by atoms with Crippen molar-refractivity contribution in [2.45, 2.75) is 13.0 Å². The van der Waals surface area contributed by atoms with Gasteiger partial charge in [-0.3, -0.25) is 0 Å². The zero-order valence-electron chi connectivity index (χ0n) is 8.58. The largest absolute Gasteiger partial charge is 0.439 e. The molecule has 1 unspecified atom stereocenters. The molecule has 16 heavy (non-hydrogen) atoms. The quantitative estimate of drug-likeness (QED) is 0.877. The molecule has 2 rings (SSSR count). The smallest absolute Gasteiger partial charge is 0.211 e. The number of aromatic nitrogens is 1. The first kappa shape index (κ1) is 11.1. The predicted molar refractivity (Wildman–Crippen MR) is 59.5 cm³/mol. The van der Waals surface area contributed by atoms with Gasteiger partial charge in [0.15, 0.2) is 5.76 Å². The highest BCUT2D eigenvalue weighted by Gasteiger charge is 2.12. The third-order valence-electron chi connectivity index (χ3n) is 2.11. The Bertz CT molecular complexity index is 510. The molecule has 0 radical (unpaired) electrons. The second-order valence-corrected chi connectivity index (χ2v) is 3.88. The topological polar surface area (TPSA) is 52.0 Å². The van der Waals surface area contributed by atoms with Gasteiger partial charge < -0.3 is 10.2 Å². The third kappa shape index (κ3) is 2.08. The van der Waals surface area contributed by atoms with E-state index in [0.29, 0.717) is 17.2 Å². The van der Waals surface area contributed by atoms with Gasteiger partial charge in [-0.2, -0.15) is 0 Å². The van der Waals surface area contributed by atoms with Gasteiger partial charge in [-0.15, -0.1) is 0 Å². The van der Waals surface area contributed by atoms with Crippen LogP contribution < -0.4 is 5.73 Å². The van der Waals surface area contributed by atoms with Crippen LogP contribution in [-0.2, 0) is 0 Å². The summed E-state index contributed by atoms with van der Waals surface area (Å²) in [5.74, 6) is 0.522. The van der Waals surface area contributed by atoms with Gasteiger partial charge in [0.05, 0.1) is 17.3 Å². The molecule has 1 aromatic carbocycles. The van der Waals surface area contributed by atoms with Crippen LogP contribution in [0.15, 0.2) is 28.8 Å². The number of hydrogen-bond acceptors (Lipinski definition) is 3. The summed E-state index contributed by atoms with van der Waals surface area (Å²) < 4.78 is 18.3. The summed E-state index contributed by atoms with van der Waals surface area (Å²) in [5, 5.41) is 0.285. The van der Waals surface area contributed by atoms with Gasteiger partial charge in [0, 0.05) is 5.56 Å². The monoisotopic (exact) mass is 240 g/mol. The maximum atomic E-state index is 12.8. The van der Waals surface area contributed by atoms with Crippen molar-refractivity contribution in [1.82, 2.24) is 4.98 Å². The lowest BCUT2D eigenvalue weighted by Crippen LogP contribution is -2.04. The van der Waals surface area contributed by atoms with Crippen LogP contribution in [0.2, 0.25) is 5.02 Å². The fourth-order valence-electron chi connectivity index (χ4n) is 1.31. The molecule has 0 aliphatic carbocycles. The Morgan fingerprint density at radius 1 is 1.50 bits per heavy atom. The Morgan fingerprint density at radius 2 is 2.25 bits per heavy atom. The Morgan fingerprint density at radius 3 is 2.81 bits per heavy atom. The fourth-order valence-corrected chi connectivity index (χ4v) is 1.57. The highest BCUT2D eigenvalue weighted by Crippen LogP contribution is 2.29. The molecule has 3 nitrogen and oxygen atoms in total. The van der Waals surface area contributed by atoms with Crippen LogP contribution in [0.1, 0.15) is 18.9 Å². The first-order chi connectivity index (χ1) is 7.58. The van der Waals surface area contributed by atoms with Gasteiger partial charge in [0.2, 0.25) is 5.89 Å². The van der Waals surface area contributed by atoms with E-state index in [1.807, 2.05) is 0 Å². The average molecular weight is 241 g/mol. The van der Waals surface area contributed by atoms with Crippen LogP contribution in [0.25, 0.3) is 11.3 Å². The van der Waals surface area contributed by atoms with Crippen LogP contribution in [0.3, 0.4) is 0 Å². The van der Waals surface area contributed by atoms with E-state index in [1.54, 1.807) is 13.0 Å². The highest BCUT2D eigenvalue weighted by molar-refractivity contribution is 6.33. The summed E-state index contributed by atoms with van der Waals surface area (Å²) >= 11 is 5.89. The summed E-state index contributed by atoms with van der Waals surface area (Å²) in [7, 11) is 0. The summed E-state index contributed by atoms with van der Waals surface area (Å²) in [5.41, 5.74) is 6.22. The van der Waals surface area contributed by atoms with E-state index in [1.165, 1.54) is 18.3 Å². The van der Waals surface area contributed by atoms with E-state index in [2.05, 4.69) is 4.98 Å². The van der Waals surface area contributed by atoms with Gasteiger partial charge in [-0.05, 0) is 25.1 Å². The molecule has 0 aliphatic heterocycles. The lowest BCUT2D eigenvalue weighted by atomic mass is 10.2. The van der Waals surface area contributed by atoms with Crippen LogP contribution in [0.5, 0.6) is 0 Å². The normalized spacial score (nSPS) is 12.8. The molecule has 0 bridgehead atoms. The lowest BCUT2D eigenvalue weighted by molar-refractivity contribution is 0.473. The Labute approximate surface area is 97.0 Å². The van der Waals surface area contributed by atoms with Crippen molar-refractivity contribution >= 4 is 11.6 Å². The first-order valence-corrected chi connectivity index (χ1v) is 5.12. The zero-order valence-corrected chi connectivity index (χ0v) is 9.33.